The van der Waals surface area contributed by atoms with Crippen molar-refractivity contribution in [3.63, 3.8) is 0 Å². The van der Waals surface area contributed by atoms with Gasteiger partial charge in [-0.25, -0.2) is 0 Å². The summed E-state index contributed by atoms with van der Waals surface area (Å²) in [6.45, 7) is 4.25. The summed E-state index contributed by atoms with van der Waals surface area (Å²) in [5, 5.41) is 15.5. The number of nitrogens with zero attached hydrogens (tertiary/aromatic N) is 1. The third kappa shape index (κ3) is 3.12. The van der Waals surface area contributed by atoms with Gasteiger partial charge in [-0.2, -0.15) is 0 Å². The van der Waals surface area contributed by atoms with Crippen LogP contribution in [0.1, 0.15) is 12.6 Å². The third-order valence-electron chi connectivity index (χ3n) is 4.43. The molecule has 0 spiro atoms. The zero-order valence-electron chi connectivity index (χ0n) is 15.2. The Hall–Kier alpha value is -3.25. The first-order chi connectivity index (χ1) is 13.5. The lowest BCUT2D eigenvalue weighted by Gasteiger charge is -2.11. The number of hydrogen-bond donors (Lipinski definition) is 2. The Morgan fingerprint density at radius 1 is 1.21 bits per heavy atom. The molecule has 0 radical (unpaired) electrons. The Morgan fingerprint density at radius 2 is 1.96 bits per heavy atom. The Kier molecular flexibility index (Phi) is 4.57. The highest BCUT2D eigenvalue weighted by molar-refractivity contribution is 6.34. The highest BCUT2D eigenvalue weighted by Gasteiger charge is 2.19. The molecular formula is C21H17ClN2O4. The van der Waals surface area contributed by atoms with Gasteiger partial charge in [0, 0.05) is 17.0 Å². The maximum Gasteiger partial charge on any atom is 0.263 e. The molecule has 0 saturated heterocycles. The first-order valence-corrected chi connectivity index (χ1v) is 9.11. The Bertz CT molecular complexity index is 1230. The fraction of sp³-hybridized carbons (Fsp3) is 0.143. The van der Waals surface area contributed by atoms with Crippen LogP contribution in [0.15, 0.2) is 51.8 Å². The van der Waals surface area contributed by atoms with Gasteiger partial charge >= 0.3 is 0 Å². The number of aromatic amines is 1. The second-order valence-corrected chi connectivity index (χ2v) is 6.75. The molecule has 0 aliphatic carbocycles. The van der Waals surface area contributed by atoms with Crippen molar-refractivity contribution in [2.75, 3.05) is 6.61 Å². The van der Waals surface area contributed by atoms with Crippen LogP contribution < -0.4 is 10.3 Å². The van der Waals surface area contributed by atoms with E-state index in [1.165, 1.54) is 0 Å². The molecule has 0 unspecified atom stereocenters. The van der Waals surface area contributed by atoms with Crippen LogP contribution >= 0.6 is 11.6 Å². The number of pyridine rings is 1. The molecule has 0 aliphatic heterocycles. The number of aromatic hydroxyl groups is 1. The molecule has 0 aliphatic rings. The quantitative estimate of drug-likeness (QED) is 0.511. The minimum atomic E-state index is -0.481. The molecule has 0 bridgehead atoms. The largest absolute Gasteiger partial charge is 0.506 e. The van der Waals surface area contributed by atoms with Crippen LogP contribution in [0.3, 0.4) is 0 Å². The van der Waals surface area contributed by atoms with Crippen molar-refractivity contribution in [2.24, 2.45) is 0 Å². The highest BCUT2D eigenvalue weighted by Crippen LogP contribution is 2.38. The van der Waals surface area contributed by atoms with E-state index in [4.69, 9.17) is 20.9 Å². The minimum absolute atomic E-state index is 0.0352. The second-order valence-electron chi connectivity index (χ2n) is 6.35. The normalized spacial score (nSPS) is 11.1. The first kappa shape index (κ1) is 18.1. The average Bonchev–Trinajstić information content (AvgIpc) is 3.08. The summed E-state index contributed by atoms with van der Waals surface area (Å²) in [6.07, 6.45) is 0. The number of benzene rings is 2. The summed E-state index contributed by atoms with van der Waals surface area (Å²) in [5.74, 6) is 0.785. The second kappa shape index (κ2) is 7.05. The molecule has 6 nitrogen and oxygen atoms in total. The van der Waals surface area contributed by atoms with Crippen LogP contribution in [0.4, 0.5) is 0 Å². The molecule has 142 valence electrons. The van der Waals surface area contributed by atoms with Crippen molar-refractivity contribution in [3.8, 4) is 33.9 Å². The summed E-state index contributed by atoms with van der Waals surface area (Å²) in [6, 6.07) is 12.5. The molecule has 0 saturated carbocycles. The van der Waals surface area contributed by atoms with Gasteiger partial charge < -0.3 is 19.4 Å². The van der Waals surface area contributed by atoms with E-state index < -0.39 is 5.56 Å². The summed E-state index contributed by atoms with van der Waals surface area (Å²) < 4.78 is 10.6. The first-order valence-electron chi connectivity index (χ1n) is 8.73. The number of nitrogens with one attached hydrogen (secondary N) is 1. The van der Waals surface area contributed by atoms with E-state index in [9.17, 15) is 9.90 Å². The van der Waals surface area contributed by atoms with Gasteiger partial charge in [0.15, 0.2) is 5.76 Å². The Balaban J connectivity index is 1.90. The fourth-order valence-electron chi connectivity index (χ4n) is 3.13. The molecule has 2 aromatic heterocycles. The predicted molar refractivity (Wildman–Crippen MR) is 108 cm³/mol. The molecule has 0 fully saturated rings. The van der Waals surface area contributed by atoms with Crippen molar-refractivity contribution < 1.29 is 14.4 Å². The topological polar surface area (TPSA) is 88.3 Å². The Morgan fingerprint density at radius 3 is 2.61 bits per heavy atom. The van der Waals surface area contributed by atoms with Gasteiger partial charge in [0.1, 0.15) is 17.1 Å². The van der Waals surface area contributed by atoms with E-state index in [2.05, 4.69) is 10.1 Å². The third-order valence-corrected chi connectivity index (χ3v) is 4.74. The van der Waals surface area contributed by atoms with Crippen LogP contribution in [0.5, 0.6) is 11.5 Å². The van der Waals surface area contributed by atoms with Crippen LogP contribution in [0.2, 0.25) is 5.02 Å². The SMILES string of the molecule is CCOc1ccc(-c2cc3c(O)c(-c4cc(C)no4)c(=O)[nH]c3cc2Cl)cc1. The maximum absolute atomic E-state index is 12.5. The number of hydrogen-bond acceptors (Lipinski definition) is 5. The molecule has 0 amide bonds. The molecule has 2 heterocycles. The van der Waals surface area contributed by atoms with Crippen molar-refractivity contribution in [3.05, 3.63) is 63.5 Å². The predicted octanol–water partition coefficient (Wildman–Crippen LogP) is 4.92. The molecule has 4 aromatic rings. The van der Waals surface area contributed by atoms with Crippen molar-refractivity contribution in [1.82, 2.24) is 10.1 Å². The van der Waals surface area contributed by atoms with Crippen molar-refractivity contribution in [1.29, 1.82) is 0 Å². The minimum Gasteiger partial charge on any atom is -0.506 e. The smallest absolute Gasteiger partial charge is 0.263 e. The summed E-state index contributed by atoms with van der Waals surface area (Å²) >= 11 is 6.44. The highest BCUT2D eigenvalue weighted by atomic mass is 35.5. The van der Waals surface area contributed by atoms with E-state index in [-0.39, 0.29) is 17.1 Å². The molecular weight excluding hydrogens is 380 g/mol. The van der Waals surface area contributed by atoms with Gasteiger partial charge in [-0.05, 0) is 43.7 Å². The van der Waals surface area contributed by atoms with Crippen LogP contribution in [0.25, 0.3) is 33.4 Å². The number of ether oxygens (including phenoxy) is 1. The zero-order chi connectivity index (χ0) is 19.8. The molecule has 7 heteroatoms. The van der Waals surface area contributed by atoms with Crippen molar-refractivity contribution in [2.45, 2.75) is 13.8 Å². The van der Waals surface area contributed by atoms with Gasteiger partial charge in [-0.1, -0.05) is 28.9 Å². The molecule has 0 atom stereocenters. The van der Waals surface area contributed by atoms with E-state index in [0.29, 0.717) is 28.2 Å². The zero-order valence-corrected chi connectivity index (χ0v) is 16.0. The lowest BCUT2D eigenvalue weighted by atomic mass is 10.0. The van der Waals surface area contributed by atoms with E-state index in [0.717, 1.165) is 16.9 Å². The average molecular weight is 397 g/mol. The van der Waals surface area contributed by atoms with Crippen LogP contribution in [-0.4, -0.2) is 21.9 Å². The number of aryl methyl sites for hydroxylation is 1. The summed E-state index contributed by atoms with van der Waals surface area (Å²) in [4.78, 5) is 15.2. The number of aromatic nitrogens is 2. The van der Waals surface area contributed by atoms with Gasteiger partial charge in [0.2, 0.25) is 0 Å². The van der Waals surface area contributed by atoms with Crippen molar-refractivity contribution >= 4 is 22.5 Å². The van der Waals surface area contributed by atoms with Crippen LogP contribution in [0, 0.1) is 6.92 Å². The number of H-pyrrole nitrogens is 1. The monoisotopic (exact) mass is 396 g/mol. The Labute approximate surface area is 165 Å². The van der Waals surface area contributed by atoms with E-state index in [1.54, 1.807) is 25.1 Å². The lowest BCUT2D eigenvalue weighted by Crippen LogP contribution is -2.09. The molecule has 2 N–H and O–H groups in total. The van der Waals surface area contributed by atoms with Crippen LogP contribution in [-0.2, 0) is 0 Å². The number of halogens is 1. The van der Waals surface area contributed by atoms with Gasteiger partial charge in [-0.3, -0.25) is 4.79 Å². The van der Waals surface area contributed by atoms with Gasteiger partial charge in [0.05, 0.1) is 22.8 Å². The fourth-order valence-corrected chi connectivity index (χ4v) is 3.40. The lowest BCUT2D eigenvalue weighted by molar-refractivity contribution is 0.340. The summed E-state index contributed by atoms with van der Waals surface area (Å²) in [7, 11) is 0. The maximum atomic E-state index is 12.5. The van der Waals surface area contributed by atoms with E-state index >= 15 is 0 Å². The standard InChI is InChI=1S/C21H17ClN2O4/c1-3-27-13-6-4-12(5-7-13)14-9-15-17(10-16(14)22)23-21(26)19(20(15)25)18-8-11(2)24-28-18/h4-10H,3H2,1-2H3,(H2,23,25,26). The number of rotatable bonds is 4. The molecule has 4 rings (SSSR count). The number of fused-ring (bicyclic) bond motifs is 1. The van der Waals surface area contributed by atoms with E-state index in [1.807, 2.05) is 31.2 Å². The summed E-state index contributed by atoms with van der Waals surface area (Å²) in [5.41, 5.74) is 2.18. The molecule has 2 aromatic carbocycles. The van der Waals surface area contributed by atoms with Gasteiger partial charge in [-0.15, -0.1) is 0 Å². The molecule has 28 heavy (non-hydrogen) atoms. The van der Waals surface area contributed by atoms with Gasteiger partial charge in [0.25, 0.3) is 5.56 Å².